The lowest BCUT2D eigenvalue weighted by molar-refractivity contribution is 1.07. The second-order valence-electron chi connectivity index (χ2n) is 25.8. The molecule has 17 aromatic carbocycles. The van der Waals surface area contributed by atoms with Gasteiger partial charge in [-0.2, -0.15) is 0 Å². The van der Waals surface area contributed by atoms with E-state index in [0.717, 1.165) is 82.7 Å². The Morgan fingerprint density at radius 2 is 0.343 bits per heavy atom. The highest BCUT2D eigenvalue weighted by molar-refractivity contribution is 5.99. The van der Waals surface area contributed by atoms with Crippen molar-refractivity contribution in [2.45, 2.75) is 0 Å². The molecule has 6 heteroatoms. The van der Waals surface area contributed by atoms with Crippen LogP contribution in [0, 0.1) is 0 Å². The third kappa shape index (κ3) is 12.3. The van der Waals surface area contributed by atoms with Crippen molar-refractivity contribution < 1.29 is 0 Å². The van der Waals surface area contributed by atoms with E-state index in [9.17, 15) is 0 Å². The van der Waals surface area contributed by atoms with Gasteiger partial charge in [0.15, 0.2) is 34.9 Å². The number of rotatable bonds is 11. The van der Waals surface area contributed by atoms with E-state index in [1.807, 2.05) is 36.4 Å². The molecule has 0 saturated heterocycles. The SMILES string of the molecule is c1cc(-c2ccc3cc(-c4ccc5ccccc5c4)ccc3c2)cc(-c2nc(-c3cccc4ccccc34)nc(-c3cccc4ccccc34)n2)c1.c1ccc(-c2ccc(-c3nc(-c4ccccc4)nc(-c4cccc(-c5ccc6cc(-c7ccc8ccccc8c7)ccc6c5)c4)n3)cc2)cc1. The highest BCUT2D eigenvalue weighted by Gasteiger charge is 2.19. The van der Waals surface area contributed by atoms with Crippen molar-refractivity contribution in [3.63, 3.8) is 0 Å². The minimum Gasteiger partial charge on any atom is -0.208 e. The number of fused-ring (bicyclic) bond motifs is 6. The van der Waals surface area contributed by atoms with Gasteiger partial charge in [-0.05, 0) is 169 Å². The van der Waals surface area contributed by atoms with Crippen LogP contribution in [0.15, 0.2) is 376 Å². The van der Waals surface area contributed by atoms with Crippen molar-refractivity contribution in [3.05, 3.63) is 376 Å². The summed E-state index contributed by atoms with van der Waals surface area (Å²) in [6, 6.07) is 133. The van der Waals surface area contributed by atoms with Crippen LogP contribution < -0.4 is 0 Å². The maximum Gasteiger partial charge on any atom is 0.164 e. The lowest BCUT2D eigenvalue weighted by Crippen LogP contribution is -2.01. The lowest BCUT2D eigenvalue weighted by Gasteiger charge is -2.12. The first-order valence-electron chi connectivity index (χ1n) is 34.4. The molecule has 0 aliphatic heterocycles. The zero-order chi connectivity index (χ0) is 67.7. The Morgan fingerprint density at radius 1 is 0.118 bits per heavy atom. The van der Waals surface area contributed by atoms with Crippen LogP contribution in [0.2, 0.25) is 0 Å². The van der Waals surface area contributed by atoms with E-state index >= 15 is 0 Å². The Bertz CT molecular complexity index is 6280. The summed E-state index contributed by atoms with van der Waals surface area (Å²) < 4.78 is 0. The molecule has 102 heavy (non-hydrogen) atoms. The normalized spacial score (nSPS) is 11.3. The summed E-state index contributed by atoms with van der Waals surface area (Å²) in [5.41, 5.74) is 17.5. The van der Waals surface area contributed by atoms with Crippen molar-refractivity contribution >= 4 is 64.6 Å². The third-order valence-electron chi connectivity index (χ3n) is 19.4. The zero-order valence-electron chi connectivity index (χ0n) is 55.5. The molecule has 0 fully saturated rings. The van der Waals surface area contributed by atoms with Crippen LogP contribution in [-0.4, -0.2) is 29.9 Å². The molecule has 0 N–H and O–H groups in total. The molecule has 19 rings (SSSR count). The van der Waals surface area contributed by atoms with Crippen LogP contribution in [0.5, 0.6) is 0 Å². The molecule has 0 aliphatic carbocycles. The fourth-order valence-electron chi connectivity index (χ4n) is 14.0. The highest BCUT2D eigenvalue weighted by Crippen LogP contribution is 2.38. The predicted octanol–water partition coefficient (Wildman–Crippen LogP) is 25.0. The maximum absolute atomic E-state index is 5.15. The molecule has 0 amide bonds. The van der Waals surface area contributed by atoms with Gasteiger partial charge in [-0.3, -0.25) is 0 Å². The molecular formula is C96H62N6. The van der Waals surface area contributed by atoms with Crippen LogP contribution >= 0.6 is 0 Å². The average molecular weight is 1300 g/mol. The quantitative estimate of drug-likeness (QED) is 0.128. The fraction of sp³-hybridized carbons (Fsp3) is 0. The first-order chi connectivity index (χ1) is 50.5. The average Bonchev–Trinajstić information content (AvgIpc) is 0.788. The van der Waals surface area contributed by atoms with Gasteiger partial charge in [-0.15, -0.1) is 0 Å². The van der Waals surface area contributed by atoms with Crippen molar-refractivity contribution in [2.24, 2.45) is 0 Å². The summed E-state index contributed by atoms with van der Waals surface area (Å²) in [6.45, 7) is 0. The Balaban J connectivity index is 0.000000146. The van der Waals surface area contributed by atoms with E-state index in [1.54, 1.807) is 0 Å². The minimum atomic E-state index is 0.642. The first kappa shape index (κ1) is 60.7. The molecule has 0 radical (unpaired) electrons. The lowest BCUT2D eigenvalue weighted by atomic mass is 9.96. The summed E-state index contributed by atoms with van der Waals surface area (Å²) in [5, 5.41) is 14.4. The molecule has 0 atom stereocenters. The first-order valence-corrected chi connectivity index (χ1v) is 34.4. The molecular weight excluding hydrogens is 1240 g/mol. The smallest absolute Gasteiger partial charge is 0.164 e. The van der Waals surface area contributed by atoms with Crippen LogP contribution in [0.4, 0.5) is 0 Å². The number of aromatic nitrogens is 6. The molecule has 2 heterocycles. The Hall–Kier alpha value is -13.7. The molecule has 6 nitrogen and oxygen atoms in total. The van der Waals surface area contributed by atoms with Gasteiger partial charge >= 0.3 is 0 Å². The van der Waals surface area contributed by atoms with E-state index < -0.39 is 0 Å². The van der Waals surface area contributed by atoms with Gasteiger partial charge in [-0.25, -0.2) is 29.9 Å². The Kier molecular flexibility index (Phi) is 15.8. The number of hydrogen-bond donors (Lipinski definition) is 0. The molecule has 0 aliphatic rings. The van der Waals surface area contributed by atoms with Gasteiger partial charge < -0.3 is 0 Å². The van der Waals surface area contributed by atoms with Crippen LogP contribution in [-0.2, 0) is 0 Å². The van der Waals surface area contributed by atoms with E-state index in [4.69, 9.17) is 29.9 Å². The summed E-state index contributed by atoms with van der Waals surface area (Å²) in [7, 11) is 0. The van der Waals surface area contributed by atoms with E-state index in [-0.39, 0.29) is 0 Å². The summed E-state index contributed by atoms with van der Waals surface area (Å²) in [4.78, 5) is 30.4. The predicted molar refractivity (Wildman–Crippen MR) is 424 cm³/mol. The van der Waals surface area contributed by atoms with Crippen molar-refractivity contribution in [1.82, 2.24) is 29.9 Å². The molecule has 0 spiro atoms. The van der Waals surface area contributed by atoms with Crippen molar-refractivity contribution in [2.75, 3.05) is 0 Å². The molecule has 0 bridgehead atoms. The zero-order valence-corrected chi connectivity index (χ0v) is 55.5. The minimum absolute atomic E-state index is 0.642. The van der Waals surface area contributed by atoms with Crippen LogP contribution in [0.25, 0.3) is 189 Å². The molecule has 0 saturated carbocycles. The Morgan fingerprint density at radius 3 is 0.755 bits per heavy atom. The number of benzene rings is 17. The third-order valence-corrected chi connectivity index (χ3v) is 19.4. The van der Waals surface area contributed by atoms with Crippen molar-refractivity contribution in [1.29, 1.82) is 0 Å². The van der Waals surface area contributed by atoms with Gasteiger partial charge in [0.25, 0.3) is 0 Å². The van der Waals surface area contributed by atoms with E-state index in [0.29, 0.717) is 34.9 Å². The summed E-state index contributed by atoms with van der Waals surface area (Å²) >= 11 is 0. The second kappa shape index (κ2) is 26.6. The molecule has 19 aromatic rings. The molecule has 476 valence electrons. The fourth-order valence-corrected chi connectivity index (χ4v) is 14.0. The van der Waals surface area contributed by atoms with E-state index in [2.05, 4.69) is 340 Å². The topological polar surface area (TPSA) is 77.3 Å². The van der Waals surface area contributed by atoms with Crippen LogP contribution in [0.3, 0.4) is 0 Å². The van der Waals surface area contributed by atoms with Crippen LogP contribution in [0.1, 0.15) is 0 Å². The van der Waals surface area contributed by atoms with Gasteiger partial charge in [0.2, 0.25) is 0 Å². The largest absolute Gasteiger partial charge is 0.208 e. The molecule has 0 unspecified atom stereocenters. The van der Waals surface area contributed by atoms with Crippen molar-refractivity contribution in [3.8, 4) is 124 Å². The number of hydrogen-bond acceptors (Lipinski definition) is 6. The van der Waals surface area contributed by atoms with Gasteiger partial charge in [0.1, 0.15) is 0 Å². The molecule has 2 aromatic heterocycles. The summed E-state index contributed by atoms with van der Waals surface area (Å²) in [6.07, 6.45) is 0. The van der Waals surface area contributed by atoms with Gasteiger partial charge in [0, 0.05) is 33.4 Å². The summed E-state index contributed by atoms with van der Waals surface area (Å²) in [5.74, 6) is 3.89. The second-order valence-corrected chi connectivity index (χ2v) is 25.8. The Labute approximate surface area is 591 Å². The monoisotopic (exact) mass is 1300 g/mol. The standard InChI is InChI=1S/C49H31N3.C47H31N3/c1-2-13-35-28-38(23-22-32(35)10-1)40-27-26-39-29-37(24-25-41(39)30-40)36-16-7-17-42(31-36)47-50-48(45-20-8-14-33-11-3-5-18-43(33)45)52-49(51-47)46-21-9-15-34-12-4-6-19-44(34)46;1-3-10-32(11-4-1)34-18-21-36(22-19-34)46-48-45(35-13-5-2-6-14-35)49-47(50-46)44-17-9-16-38(31-44)39-24-25-43-30-42(27-26-41(43)29-39)40-23-20-33-12-7-8-15-37(33)28-40/h1-31H;1-31H. The highest BCUT2D eigenvalue weighted by atomic mass is 15.0. The number of nitrogens with zero attached hydrogens (tertiary/aromatic N) is 6. The van der Waals surface area contributed by atoms with Gasteiger partial charge in [-0.1, -0.05) is 328 Å². The van der Waals surface area contributed by atoms with Gasteiger partial charge in [0.05, 0.1) is 0 Å². The maximum atomic E-state index is 5.15. The van der Waals surface area contributed by atoms with E-state index in [1.165, 1.54) is 70.9 Å².